The molecule has 8 nitrogen and oxygen atoms in total. The molecule has 2 aromatic rings. The monoisotopic (exact) mass is 508 g/mol. The van der Waals surface area contributed by atoms with Gasteiger partial charge in [-0.25, -0.2) is 0 Å². The number of likely N-dealkylation sites (tertiary alicyclic amines) is 1. The number of nitrogens with zero attached hydrogens (tertiary/aromatic N) is 5. The number of hydrogen-bond acceptors (Lipinski definition) is 5. The second kappa shape index (κ2) is 9.13. The zero-order valence-corrected chi connectivity index (χ0v) is 21.3. The molecule has 3 aliphatic rings. The van der Waals surface area contributed by atoms with Gasteiger partial charge in [0, 0.05) is 35.2 Å². The van der Waals surface area contributed by atoms with Gasteiger partial charge < -0.3 is 9.47 Å². The summed E-state index contributed by atoms with van der Waals surface area (Å²) in [6.45, 7) is 7.53. The second-order valence-corrected chi connectivity index (χ2v) is 10.3. The number of halogens is 1. The number of aryl methyl sites for hydroxylation is 2. The van der Waals surface area contributed by atoms with Crippen LogP contribution in [-0.4, -0.2) is 55.4 Å². The summed E-state index contributed by atoms with van der Waals surface area (Å²) in [5, 5.41) is 16.0. The molecule has 0 saturated carbocycles. The van der Waals surface area contributed by atoms with Gasteiger partial charge in [0.05, 0.1) is 12.0 Å². The number of aliphatic imine (C=N–C) groups is 1. The average molecular weight is 509 g/mol. The fraction of sp³-hybridized carbons (Fsp3) is 0.320. The van der Waals surface area contributed by atoms with Crippen molar-refractivity contribution in [2.75, 3.05) is 13.1 Å². The zero-order chi connectivity index (χ0) is 24.9. The summed E-state index contributed by atoms with van der Waals surface area (Å²) in [7, 11) is 0. The van der Waals surface area contributed by atoms with Gasteiger partial charge in [-0.2, -0.15) is 15.1 Å². The highest BCUT2D eigenvalue weighted by atomic mass is 35.5. The fourth-order valence-corrected chi connectivity index (χ4v) is 5.64. The van der Waals surface area contributed by atoms with Gasteiger partial charge in [-0.1, -0.05) is 17.7 Å². The number of carbonyl (C=O) groups excluding carboxylic acids is 2. The van der Waals surface area contributed by atoms with Crippen molar-refractivity contribution < 1.29 is 9.59 Å². The van der Waals surface area contributed by atoms with Gasteiger partial charge in [0.15, 0.2) is 5.84 Å². The Morgan fingerprint density at radius 3 is 2.69 bits per heavy atom. The summed E-state index contributed by atoms with van der Waals surface area (Å²) in [5.74, 6) is -0.508. The van der Waals surface area contributed by atoms with E-state index in [0.29, 0.717) is 15.2 Å². The van der Waals surface area contributed by atoms with Crippen LogP contribution in [0.5, 0.6) is 0 Å². The van der Waals surface area contributed by atoms with Crippen molar-refractivity contribution in [3.05, 3.63) is 57.4 Å². The summed E-state index contributed by atoms with van der Waals surface area (Å²) in [5.41, 5.74) is 4.92. The predicted octanol–water partition coefficient (Wildman–Crippen LogP) is 4.69. The van der Waals surface area contributed by atoms with E-state index < -0.39 is 5.91 Å². The average Bonchev–Trinajstić information content (AvgIpc) is 3.53. The van der Waals surface area contributed by atoms with Crippen LogP contribution >= 0.6 is 23.4 Å². The fourth-order valence-electron chi connectivity index (χ4n) is 4.59. The second-order valence-electron chi connectivity index (χ2n) is 8.87. The lowest BCUT2D eigenvalue weighted by atomic mass is 10.1. The smallest absolute Gasteiger partial charge is 0.283 e. The van der Waals surface area contributed by atoms with Crippen LogP contribution in [0.1, 0.15) is 41.8 Å². The van der Waals surface area contributed by atoms with Crippen molar-refractivity contribution in [3.63, 3.8) is 0 Å². The largest absolute Gasteiger partial charge is 0.342 e. The van der Waals surface area contributed by atoms with Crippen LogP contribution in [0, 0.1) is 26.2 Å². The molecule has 3 aliphatic heterocycles. The number of fused-ring (bicyclic) bond motifs is 1. The highest BCUT2D eigenvalue weighted by molar-refractivity contribution is 8.27. The topological polar surface area (TPSA) is 94.1 Å². The maximum atomic E-state index is 12.9. The quantitative estimate of drug-likeness (QED) is 0.606. The van der Waals surface area contributed by atoms with E-state index in [1.165, 1.54) is 16.8 Å². The highest BCUT2D eigenvalue weighted by Gasteiger charge is 2.36. The van der Waals surface area contributed by atoms with Gasteiger partial charge in [-0.15, -0.1) is 0 Å². The molecule has 10 heteroatoms. The molecule has 2 amide bonds. The van der Waals surface area contributed by atoms with E-state index in [-0.39, 0.29) is 23.7 Å². The van der Waals surface area contributed by atoms with Crippen LogP contribution in [0.3, 0.4) is 0 Å². The minimum atomic E-state index is -0.486. The molecule has 35 heavy (non-hydrogen) atoms. The molecule has 0 unspecified atom stereocenters. The molecule has 0 spiro atoms. The standard InChI is InChI=1S/C25H25ClN6O2S/c1-14-6-7-18(26)12-20(14)31-15(2)10-17(16(31)3)11-19-23(27)32-25(28-24(19)34)35-21(29-32)13-22(33)30-8-4-5-9-30/h6-7,10-12,27H,4-5,8-9,13H2,1-3H3/b19-11-,27-23?. The number of amides is 2. The first-order valence-electron chi connectivity index (χ1n) is 11.5. The van der Waals surface area contributed by atoms with Crippen molar-refractivity contribution in [2.45, 2.75) is 40.0 Å². The first-order chi connectivity index (χ1) is 16.7. The third-order valence-electron chi connectivity index (χ3n) is 6.44. The Balaban J connectivity index is 1.43. The molecule has 1 N–H and O–H groups in total. The lowest BCUT2D eigenvalue weighted by Crippen LogP contribution is -2.35. The van der Waals surface area contributed by atoms with Crippen molar-refractivity contribution in [3.8, 4) is 5.69 Å². The minimum Gasteiger partial charge on any atom is -0.342 e. The Hall–Kier alpha value is -3.17. The molecule has 0 bridgehead atoms. The Morgan fingerprint density at radius 1 is 1.20 bits per heavy atom. The van der Waals surface area contributed by atoms with Gasteiger partial charge >= 0.3 is 0 Å². The summed E-state index contributed by atoms with van der Waals surface area (Å²) in [4.78, 5) is 31.4. The van der Waals surface area contributed by atoms with E-state index >= 15 is 0 Å². The number of hydrogen-bond donors (Lipinski definition) is 1. The van der Waals surface area contributed by atoms with Crippen molar-refractivity contribution in [2.24, 2.45) is 10.1 Å². The zero-order valence-electron chi connectivity index (χ0n) is 19.8. The molecular formula is C25H25ClN6O2S. The molecule has 5 rings (SSSR count). The van der Waals surface area contributed by atoms with Crippen molar-refractivity contribution in [1.82, 2.24) is 14.5 Å². The first-order valence-corrected chi connectivity index (χ1v) is 12.6. The molecule has 0 radical (unpaired) electrons. The third-order valence-corrected chi connectivity index (χ3v) is 7.58. The van der Waals surface area contributed by atoms with Crippen LogP contribution < -0.4 is 0 Å². The maximum Gasteiger partial charge on any atom is 0.283 e. The lowest BCUT2D eigenvalue weighted by molar-refractivity contribution is -0.128. The van der Waals surface area contributed by atoms with Gasteiger partial charge in [0.2, 0.25) is 11.1 Å². The molecule has 0 aliphatic carbocycles. The van der Waals surface area contributed by atoms with Crippen LogP contribution in [-0.2, 0) is 9.59 Å². The third kappa shape index (κ3) is 4.34. The molecule has 1 fully saturated rings. The number of amidine groups is 2. The van der Waals surface area contributed by atoms with Gasteiger partial charge in [-0.05, 0) is 80.8 Å². The molecular weight excluding hydrogens is 484 g/mol. The minimum absolute atomic E-state index is 0.0200. The van der Waals surface area contributed by atoms with Gasteiger partial charge in [-0.3, -0.25) is 15.0 Å². The van der Waals surface area contributed by atoms with E-state index in [4.69, 9.17) is 17.0 Å². The number of nitrogens with one attached hydrogen (secondary N) is 1. The van der Waals surface area contributed by atoms with Crippen LogP contribution in [0.15, 0.2) is 39.9 Å². The van der Waals surface area contributed by atoms with Crippen LogP contribution in [0.4, 0.5) is 0 Å². The Morgan fingerprint density at radius 2 is 1.94 bits per heavy atom. The predicted molar refractivity (Wildman–Crippen MR) is 140 cm³/mol. The summed E-state index contributed by atoms with van der Waals surface area (Å²) < 4.78 is 2.09. The SMILES string of the molecule is Cc1ccc(Cl)cc1-n1c(C)cc(/C=C2/C(=N)N3N=C(CC(=O)N4CCCC4)SC3=NC2=O)c1C. The molecule has 180 valence electrons. The number of thioether (sulfide) groups is 1. The Kier molecular flexibility index (Phi) is 6.14. The van der Waals surface area contributed by atoms with E-state index in [2.05, 4.69) is 14.7 Å². The molecule has 1 aromatic carbocycles. The van der Waals surface area contributed by atoms with E-state index in [1.54, 1.807) is 6.08 Å². The Labute approximate surface area is 212 Å². The maximum absolute atomic E-state index is 12.9. The number of aromatic nitrogens is 1. The molecule has 1 aromatic heterocycles. The first kappa shape index (κ1) is 23.6. The number of benzene rings is 1. The molecule has 1 saturated heterocycles. The normalized spacial score (nSPS) is 18.9. The highest BCUT2D eigenvalue weighted by Crippen LogP contribution is 2.32. The molecule has 0 atom stereocenters. The number of hydrazone groups is 1. The van der Waals surface area contributed by atoms with Gasteiger partial charge in [0.25, 0.3) is 5.91 Å². The van der Waals surface area contributed by atoms with E-state index in [9.17, 15) is 9.59 Å². The van der Waals surface area contributed by atoms with Crippen LogP contribution in [0.25, 0.3) is 11.8 Å². The Bertz CT molecular complexity index is 1370. The van der Waals surface area contributed by atoms with Crippen molar-refractivity contribution >= 4 is 57.3 Å². The number of carbonyl (C=O) groups is 2. The van der Waals surface area contributed by atoms with E-state index in [1.807, 2.05) is 49.9 Å². The van der Waals surface area contributed by atoms with Gasteiger partial charge in [0.1, 0.15) is 5.04 Å². The van der Waals surface area contributed by atoms with Crippen molar-refractivity contribution in [1.29, 1.82) is 5.41 Å². The lowest BCUT2D eigenvalue weighted by Gasteiger charge is -2.20. The van der Waals surface area contributed by atoms with Crippen LogP contribution in [0.2, 0.25) is 5.02 Å². The summed E-state index contributed by atoms with van der Waals surface area (Å²) in [6.07, 6.45) is 3.89. The van der Waals surface area contributed by atoms with E-state index in [0.717, 1.165) is 54.1 Å². The summed E-state index contributed by atoms with van der Waals surface area (Å²) in [6, 6.07) is 7.72. The summed E-state index contributed by atoms with van der Waals surface area (Å²) >= 11 is 7.43. The number of rotatable bonds is 4. The molecule has 4 heterocycles.